The van der Waals surface area contributed by atoms with E-state index in [1.807, 2.05) is 17.0 Å². The van der Waals surface area contributed by atoms with E-state index in [2.05, 4.69) is 20.4 Å². The summed E-state index contributed by atoms with van der Waals surface area (Å²) in [4.78, 5) is 53.7. The molecule has 3 aromatic heterocycles. The van der Waals surface area contributed by atoms with Crippen LogP contribution >= 0.6 is 0 Å². The minimum absolute atomic E-state index is 0.121. The third-order valence-corrected chi connectivity index (χ3v) is 9.16. The summed E-state index contributed by atoms with van der Waals surface area (Å²) in [5, 5.41) is 18.6. The van der Waals surface area contributed by atoms with Crippen molar-refractivity contribution in [1.29, 1.82) is 0 Å². The number of aromatic hydroxyl groups is 1. The quantitative estimate of drug-likeness (QED) is 0.266. The first-order chi connectivity index (χ1) is 24.4. The summed E-state index contributed by atoms with van der Waals surface area (Å²) in [6, 6.07) is 11.2. The number of aryl methyl sites for hydroxylation is 1. The molecule has 7 rings (SSSR count). The molecule has 5 heterocycles. The highest BCUT2D eigenvalue weighted by Crippen LogP contribution is 2.32. The molecular weight excluding hydrogens is 669 g/mol. The molecule has 0 atom stereocenters. The van der Waals surface area contributed by atoms with E-state index < -0.39 is 23.2 Å². The van der Waals surface area contributed by atoms with E-state index in [9.17, 15) is 32.7 Å². The smallest absolute Gasteiger partial charge is 0.416 e. The van der Waals surface area contributed by atoms with Gasteiger partial charge in [0.1, 0.15) is 18.0 Å². The van der Waals surface area contributed by atoms with Gasteiger partial charge in [-0.05, 0) is 56.2 Å². The Hall–Kier alpha value is -5.77. The van der Waals surface area contributed by atoms with Gasteiger partial charge < -0.3 is 29.5 Å². The maximum absolute atomic E-state index is 14.1. The highest BCUT2D eigenvalue weighted by molar-refractivity contribution is 6.08. The van der Waals surface area contributed by atoms with Gasteiger partial charge in [0.2, 0.25) is 11.7 Å². The average Bonchev–Trinajstić information content (AvgIpc) is 3.57. The second-order valence-corrected chi connectivity index (χ2v) is 12.4. The van der Waals surface area contributed by atoms with E-state index in [1.165, 1.54) is 12.1 Å². The number of para-hydroxylation sites is 1. The minimum atomic E-state index is -4.52. The normalized spacial score (nSPS) is 15.4. The molecule has 16 heteroatoms. The van der Waals surface area contributed by atoms with Gasteiger partial charge in [0.15, 0.2) is 5.82 Å². The summed E-state index contributed by atoms with van der Waals surface area (Å²) < 4.78 is 47.3. The number of rotatable bonds is 6. The van der Waals surface area contributed by atoms with E-state index >= 15 is 0 Å². The lowest BCUT2D eigenvalue weighted by Gasteiger charge is -2.36. The van der Waals surface area contributed by atoms with Gasteiger partial charge in [-0.2, -0.15) is 22.7 Å². The fourth-order valence-electron chi connectivity index (χ4n) is 6.49. The Kier molecular flexibility index (Phi) is 8.70. The number of amides is 2. The lowest BCUT2D eigenvalue weighted by atomic mass is 10.0. The SMILES string of the molecule is Cc1nc2ccccc2c(C(=O)N2CCN(c3c(C)n(CC(=O)Nc4ccc(C(F)(F)F)cc4)c4nc(C5=CCOCC5)nn4c3=O)CC2)c1O. The lowest BCUT2D eigenvalue weighted by Crippen LogP contribution is -2.50. The van der Waals surface area contributed by atoms with Crippen LogP contribution in [0.1, 0.15) is 39.6 Å². The highest BCUT2D eigenvalue weighted by atomic mass is 19.4. The van der Waals surface area contributed by atoms with E-state index in [-0.39, 0.29) is 67.1 Å². The summed E-state index contributed by atoms with van der Waals surface area (Å²) >= 11 is 0. The van der Waals surface area contributed by atoms with Gasteiger partial charge in [-0.15, -0.1) is 5.10 Å². The number of ether oxygens (including phenoxy) is 1. The Labute approximate surface area is 288 Å². The number of hydrogen-bond donors (Lipinski definition) is 2. The number of nitrogens with one attached hydrogen (secondary N) is 1. The Morgan fingerprint density at radius 2 is 1.73 bits per heavy atom. The lowest BCUT2D eigenvalue weighted by molar-refractivity contribution is -0.137. The zero-order valence-electron chi connectivity index (χ0n) is 27.7. The van der Waals surface area contributed by atoms with Crippen LogP contribution in [0.2, 0.25) is 0 Å². The molecule has 5 aromatic rings. The zero-order valence-corrected chi connectivity index (χ0v) is 27.7. The van der Waals surface area contributed by atoms with Gasteiger partial charge in [-0.1, -0.05) is 24.3 Å². The molecule has 2 aliphatic heterocycles. The van der Waals surface area contributed by atoms with Crippen LogP contribution in [0, 0.1) is 13.8 Å². The zero-order chi connectivity index (χ0) is 36.0. The fraction of sp³-hybridized carbons (Fsp3) is 0.314. The van der Waals surface area contributed by atoms with E-state index in [0.717, 1.165) is 22.2 Å². The van der Waals surface area contributed by atoms with Crippen molar-refractivity contribution >= 4 is 45.4 Å². The van der Waals surface area contributed by atoms with Crippen molar-refractivity contribution in [3.8, 4) is 5.75 Å². The van der Waals surface area contributed by atoms with Crippen LogP contribution in [0.15, 0.2) is 59.4 Å². The first-order valence-corrected chi connectivity index (χ1v) is 16.3. The van der Waals surface area contributed by atoms with Crippen LogP contribution in [-0.2, 0) is 22.3 Å². The summed E-state index contributed by atoms with van der Waals surface area (Å²) in [7, 11) is 0. The number of halogens is 3. The van der Waals surface area contributed by atoms with Crippen LogP contribution in [0.4, 0.5) is 24.5 Å². The molecule has 2 N–H and O–H groups in total. The number of fused-ring (bicyclic) bond motifs is 2. The Bertz CT molecular complexity index is 2270. The monoisotopic (exact) mass is 702 g/mol. The molecule has 264 valence electrons. The third-order valence-electron chi connectivity index (χ3n) is 9.16. The van der Waals surface area contributed by atoms with Crippen LogP contribution < -0.4 is 15.8 Å². The number of hydrogen-bond acceptors (Lipinski definition) is 9. The Morgan fingerprint density at radius 3 is 2.41 bits per heavy atom. The molecule has 13 nitrogen and oxygen atoms in total. The fourth-order valence-corrected chi connectivity index (χ4v) is 6.49. The number of benzene rings is 2. The number of anilines is 2. The van der Waals surface area contributed by atoms with Crippen molar-refractivity contribution in [2.75, 3.05) is 49.6 Å². The number of piperazine rings is 1. The summed E-state index contributed by atoms with van der Waals surface area (Å²) in [6.45, 7) is 4.81. The van der Waals surface area contributed by atoms with E-state index in [4.69, 9.17) is 4.74 Å². The molecule has 1 fully saturated rings. The van der Waals surface area contributed by atoms with Gasteiger partial charge in [0.25, 0.3) is 11.5 Å². The van der Waals surface area contributed by atoms with Crippen LogP contribution in [0.3, 0.4) is 0 Å². The largest absolute Gasteiger partial charge is 0.505 e. The molecule has 0 aliphatic carbocycles. The molecule has 0 unspecified atom stereocenters. The predicted molar refractivity (Wildman–Crippen MR) is 182 cm³/mol. The van der Waals surface area contributed by atoms with Gasteiger partial charge in [-0.3, -0.25) is 14.4 Å². The summed E-state index contributed by atoms with van der Waals surface area (Å²) in [6.07, 6.45) is -2.15. The minimum Gasteiger partial charge on any atom is -0.505 e. The van der Waals surface area contributed by atoms with Crippen molar-refractivity contribution in [1.82, 2.24) is 29.0 Å². The molecule has 2 aliphatic rings. The predicted octanol–water partition coefficient (Wildman–Crippen LogP) is 4.19. The number of carbonyl (C=O) groups excluding carboxylic acids is 2. The number of alkyl halides is 3. The van der Waals surface area contributed by atoms with Crippen molar-refractivity contribution in [3.63, 3.8) is 0 Å². The highest BCUT2D eigenvalue weighted by Gasteiger charge is 2.32. The molecule has 0 bridgehead atoms. The molecule has 2 amide bonds. The Balaban J connectivity index is 1.20. The van der Waals surface area contributed by atoms with E-state index in [0.29, 0.717) is 47.7 Å². The molecule has 0 saturated carbocycles. The van der Waals surface area contributed by atoms with Gasteiger partial charge >= 0.3 is 6.18 Å². The van der Waals surface area contributed by atoms with Crippen molar-refractivity contribution in [2.45, 2.75) is 33.0 Å². The molecule has 2 aromatic carbocycles. The maximum Gasteiger partial charge on any atom is 0.416 e. The summed E-state index contributed by atoms with van der Waals surface area (Å²) in [5.74, 6) is -0.654. The second-order valence-electron chi connectivity index (χ2n) is 12.4. The van der Waals surface area contributed by atoms with E-state index in [1.54, 1.807) is 41.5 Å². The number of carbonyl (C=O) groups is 2. The molecule has 0 spiro atoms. The van der Waals surface area contributed by atoms with Crippen molar-refractivity contribution < 1.29 is 32.6 Å². The standard InChI is InChI=1S/C35H33F3N8O5/c1-20-30(48)28(25-5-3-4-6-26(25)39-20)32(49)44-15-13-43(14-16-44)29-21(2)45(19-27(47)40-24-9-7-23(8-10-24)35(36,37)38)34-41-31(42-46(34)33(29)50)22-11-17-51-18-12-22/h3-11,48H,12-19H2,1-2H3,(H,40,47). The second kappa shape index (κ2) is 13.2. The average molecular weight is 703 g/mol. The van der Waals surface area contributed by atoms with Gasteiger partial charge in [-0.25, -0.2) is 4.98 Å². The molecular formula is C35H33F3N8O5. The maximum atomic E-state index is 14.1. The van der Waals surface area contributed by atoms with Crippen LogP contribution in [-0.4, -0.2) is 85.4 Å². The van der Waals surface area contributed by atoms with Crippen LogP contribution in [0.25, 0.3) is 22.3 Å². The Morgan fingerprint density at radius 1 is 1.00 bits per heavy atom. The summed E-state index contributed by atoms with van der Waals surface area (Å²) in [5.41, 5.74) is 1.44. The molecule has 51 heavy (non-hydrogen) atoms. The first-order valence-electron chi connectivity index (χ1n) is 16.3. The molecule has 0 radical (unpaired) electrons. The number of pyridine rings is 1. The van der Waals surface area contributed by atoms with Gasteiger partial charge in [0.05, 0.1) is 35.6 Å². The topological polar surface area (TPSA) is 147 Å². The number of aromatic nitrogens is 5. The van der Waals surface area contributed by atoms with Crippen molar-refractivity contribution in [2.24, 2.45) is 0 Å². The number of nitrogens with zero attached hydrogens (tertiary/aromatic N) is 7. The van der Waals surface area contributed by atoms with Crippen molar-refractivity contribution in [3.05, 3.63) is 93.3 Å². The van der Waals surface area contributed by atoms with Crippen LogP contribution in [0.5, 0.6) is 5.75 Å². The molecule has 1 saturated heterocycles. The first kappa shape index (κ1) is 33.7. The van der Waals surface area contributed by atoms with Gasteiger partial charge in [0, 0.05) is 42.9 Å². The third kappa shape index (κ3) is 6.38.